The van der Waals surface area contributed by atoms with Gasteiger partial charge in [-0.25, -0.2) is 0 Å². The van der Waals surface area contributed by atoms with E-state index in [2.05, 4.69) is 20.8 Å². The normalized spacial score (nSPS) is 20.2. The molecular weight excluding hydrogens is 400 g/mol. The third kappa shape index (κ3) is 4.65. The van der Waals surface area contributed by atoms with Crippen LogP contribution in [0.3, 0.4) is 0 Å². The van der Waals surface area contributed by atoms with E-state index >= 15 is 0 Å². The van der Waals surface area contributed by atoms with E-state index in [4.69, 9.17) is 0 Å². The summed E-state index contributed by atoms with van der Waals surface area (Å²) in [6, 6.07) is 7.12. The van der Waals surface area contributed by atoms with Gasteiger partial charge in [0.1, 0.15) is 0 Å². The van der Waals surface area contributed by atoms with Gasteiger partial charge in [-0.2, -0.15) is 10.2 Å². The van der Waals surface area contributed by atoms with Crippen LogP contribution >= 0.6 is 0 Å². The number of hydrogen-bond acceptors (Lipinski definition) is 6. The Labute approximate surface area is 178 Å². The van der Waals surface area contributed by atoms with E-state index < -0.39 is 18.1 Å². The van der Waals surface area contributed by atoms with Crippen LogP contribution in [0.15, 0.2) is 42.9 Å². The Kier molecular flexibility index (Phi) is 5.83. The molecule has 0 saturated carbocycles. The van der Waals surface area contributed by atoms with Gasteiger partial charge < -0.3 is 20.8 Å². The lowest BCUT2D eigenvalue weighted by Crippen LogP contribution is -2.39. The zero-order valence-electron chi connectivity index (χ0n) is 17.0. The van der Waals surface area contributed by atoms with E-state index in [1.165, 1.54) is 10.9 Å². The maximum absolute atomic E-state index is 12.8. The Hall–Kier alpha value is -3.50. The number of carbonyl (C=O) groups is 2. The van der Waals surface area contributed by atoms with E-state index in [1.807, 2.05) is 12.3 Å². The zero-order valence-corrected chi connectivity index (χ0v) is 17.0. The van der Waals surface area contributed by atoms with Crippen molar-refractivity contribution in [3.63, 3.8) is 0 Å². The zero-order chi connectivity index (χ0) is 22.0. The topological polar surface area (TPSA) is 134 Å². The van der Waals surface area contributed by atoms with Crippen molar-refractivity contribution in [2.45, 2.75) is 31.6 Å². The van der Waals surface area contributed by atoms with Gasteiger partial charge in [-0.15, -0.1) is 0 Å². The summed E-state index contributed by atoms with van der Waals surface area (Å²) in [5, 5.41) is 34.1. The van der Waals surface area contributed by atoms with Crippen molar-refractivity contribution < 1.29 is 19.8 Å². The molecule has 1 aliphatic heterocycles. The number of carbonyl (C=O) groups excluding carboxylic acids is 2. The molecule has 2 aromatic heterocycles. The van der Waals surface area contributed by atoms with Crippen LogP contribution in [0.4, 0.5) is 5.69 Å². The van der Waals surface area contributed by atoms with E-state index in [-0.39, 0.29) is 23.8 Å². The van der Waals surface area contributed by atoms with Crippen molar-refractivity contribution >= 4 is 17.5 Å². The smallest absolute Gasteiger partial charge is 0.274 e. The van der Waals surface area contributed by atoms with Crippen molar-refractivity contribution in [2.75, 3.05) is 11.9 Å². The number of nitrogens with one attached hydrogen (secondary N) is 2. The van der Waals surface area contributed by atoms with Gasteiger partial charge in [0.05, 0.1) is 24.1 Å². The lowest BCUT2D eigenvalue weighted by Gasteiger charge is -2.18. The van der Waals surface area contributed by atoms with E-state index in [0.29, 0.717) is 24.9 Å². The highest BCUT2D eigenvalue weighted by molar-refractivity contribution is 6.08. The Morgan fingerprint density at radius 2 is 1.87 bits per heavy atom. The van der Waals surface area contributed by atoms with Crippen LogP contribution in [0.5, 0.6) is 0 Å². The first-order chi connectivity index (χ1) is 14.9. The quantitative estimate of drug-likeness (QED) is 0.421. The molecule has 3 aromatic rings. The van der Waals surface area contributed by atoms with Crippen molar-refractivity contribution in [1.82, 2.24) is 24.9 Å². The molecule has 1 aromatic carbocycles. The van der Waals surface area contributed by atoms with E-state index in [0.717, 1.165) is 11.1 Å². The van der Waals surface area contributed by atoms with Gasteiger partial charge in [0.15, 0.2) is 5.69 Å². The summed E-state index contributed by atoms with van der Waals surface area (Å²) in [6.07, 6.45) is 3.96. The number of benzene rings is 1. The molecule has 10 heteroatoms. The third-order valence-corrected chi connectivity index (χ3v) is 5.19. The average molecular weight is 424 g/mol. The standard InChI is InChI=1S/C21H24N6O4/c1-26-12-16-19(25-26)21(31)22-10-18(29)17(28)6-3-7-27-11-15(9-23-27)13-4-2-5-14(8-13)20(30)24-16/h2,4-5,8-9,11-12,17-18,28-29H,3,6-7,10H2,1H3,(H,22,31)(H,24,30). The van der Waals surface area contributed by atoms with Gasteiger partial charge >= 0.3 is 0 Å². The largest absolute Gasteiger partial charge is 0.390 e. The first kappa shape index (κ1) is 20.8. The summed E-state index contributed by atoms with van der Waals surface area (Å²) in [5.41, 5.74) is 2.40. The van der Waals surface area contributed by atoms with Crippen LogP contribution in [0.1, 0.15) is 33.7 Å². The first-order valence-corrected chi connectivity index (χ1v) is 10.0. The fourth-order valence-corrected chi connectivity index (χ4v) is 3.49. The van der Waals surface area contributed by atoms with Crippen LogP contribution in [-0.2, 0) is 13.6 Å². The van der Waals surface area contributed by atoms with Gasteiger partial charge in [0.2, 0.25) is 0 Å². The number of fused-ring (bicyclic) bond motifs is 6. The SMILES string of the molecule is Cn1cc2c(n1)C(=O)NCC(O)C(O)CCCn1cc(cn1)-c1cccc(c1)C(=O)N2. The van der Waals surface area contributed by atoms with Crippen LogP contribution < -0.4 is 10.6 Å². The molecule has 0 fully saturated rings. The Bertz CT molecular complexity index is 1100. The average Bonchev–Trinajstić information content (AvgIpc) is 3.37. The van der Waals surface area contributed by atoms with Gasteiger partial charge in [0, 0.05) is 43.7 Å². The summed E-state index contributed by atoms with van der Waals surface area (Å²) in [5.74, 6) is -0.937. The van der Waals surface area contributed by atoms with E-state index in [1.54, 1.807) is 36.1 Å². The number of β-amino-alcohol motifs (C(OH)–C–C–N with tert-alkyl or cyclic N) is 1. The molecule has 10 nitrogen and oxygen atoms in total. The molecule has 2 amide bonds. The Morgan fingerprint density at radius 3 is 2.71 bits per heavy atom. The highest BCUT2D eigenvalue weighted by Crippen LogP contribution is 2.22. The number of anilines is 1. The minimum absolute atomic E-state index is 0.0242. The minimum atomic E-state index is -1.13. The number of nitrogens with zero attached hydrogens (tertiary/aromatic N) is 4. The summed E-state index contributed by atoms with van der Waals surface area (Å²) < 4.78 is 3.18. The Morgan fingerprint density at radius 1 is 1.06 bits per heavy atom. The highest BCUT2D eigenvalue weighted by atomic mass is 16.3. The van der Waals surface area contributed by atoms with Gasteiger partial charge in [-0.1, -0.05) is 12.1 Å². The number of aromatic nitrogens is 4. The summed E-state index contributed by atoms with van der Waals surface area (Å²) >= 11 is 0. The molecule has 4 bridgehead atoms. The lowest BCUT2D eigenvalue weighted by atomic mass is 10.1. The molecule has 2 unspecified atom stereocenters. The van der Waals surface area contributed by atoms with Crippen LogP contribution in [0.2, 0.25) is 0 Å². The molecule has 0 aliphatic carbocycles. The number of hydrogen-bond donors (Lipinski definition) is 4. The van der Waals surface area contributed by atoms with E-state index in [9.17, 15) is 19.8 Å². The van der Waals surface area contributed by atoms with Gasteiger partial charge in [-0.3, -0.25) is 19.0 Å². The molecule has 0 radical (unpaired) electrons. The Balaban J connectivity index is 1.68. The predicted molar refractivity (Wildman–Crippen MR) is 112 cm³/mol. The van der Waals surface area contributed by atoms with Crippen LogP contribution in [0.25, 0.3) is 11.1 Å². The molecular formula is C21H24N6O4. The molecule has 162 valence electrons. The molecule has 1 aliphatic rings. The maximum atomic E-state index is 12.8. The van der Waals surface area contributed by atoms with Crippen molar-refractivity contribution in [2.24, 2.45) is 7.05 Å². The molecule has 31 heavy (non-hydrogen) atoms. The van der Waals surface area contributed by atoms with Crippen LogP contribution in [0, 0.1) is 0 Å². The molecule has 3 heterocycles. The van der Waals surface area contributed by atoms with Crippen LogP contribution in [-0.4, -0.2) is 60.3 Å². The molecule has 2 atom stereocenters. The van der Waals surface area contributed by atoms with Gasteiger partial charge in [0.25, 0.3) is 11.8 Å². The molecule has 0 spiro atoms. The lowest BCUT2D eigenvalue weighted by molar-refractivity contribution is 0.0137. The first-order valence-electron chi connectivity index (χ1n) is 10.0. The third-order valence-electron chi connectivity index (χ3n) is 5.19. The highest BCUT2D eigenvalue weighted by Gasteiger charge is 2.22. The number of aryl methyl sites for hydroxylation is 2. The maximum Gasteiger partial charge on any atom is 0.274 e. The number of rotatable bonds is 0. The molecule has 0 saturated heterocycles. The minimum Gasteiger partial charge on any atom is -0.390 e. The summed E-state index contributed by atoms with van der Waals surface area (Å²) in [7, 11) is 1.64. The second kappa shape index (κ2) is 8.70. The fourth-order valence-electron chi connectivity index (χ4n) is 3.49. The number of amides is 2. The second-order valence-corrected chi connectivity index (χ2v) is 7.58. The molecule has 4 N–H and O–H groups in total. The monoisotopic (exact) mass is 424 g/mol. The van der Waals surface area contributed by atoms with Gasteiger partial charge in [-0.05, 0) is 30.5 Å². The predicted octanol–water partition coefficient (Wildman–Crippen LogP) is 0.781. The fraction of sp³-hybridized carbons (Fsp3) is 0.333. The second-order valence-electron chi connectivity index (χ2n) is 7.58. The summed E-state index contributed by atoms with van der Waals surface area (Å²) in [6.45, 7) is 0.422. The van der Waals surface area contributed by atoms with Crippen molar-refractivity contribution in [3.8, 4) is 11.1 Å². The summed E-state index contributed by atoms with van der Waals surface area (Å²) in [4.78, 5) is 25.4. The number of aliphatic hydroxyl groups excluding tert-OH is 2. The van der Waals surface area contributed by atoms with Crippen molar-refractivity contribution in [3.05, 3.63) is 54.1 Å². The van der Waals surface area contributed by atoms with Crippen molar-refractivity contribution in [1.29, 1.82) is 0 Å². The molecule has 4 rings (SSSR count). The number of aliphatic hydroxyl groups is 2.